The molecule has 0 unspecified atom stereocenters. The highest BCUT2D eigenvalue weighted by Gasteiger charge is 2.19. The van der Waals surface area contributed by atoms with Crippen LogP contribution in [0.4, 0.5) is 0 Å². The van der Waals surface area contributed by atoms with Gasteiger partial charge in [-0.2, -0.15) is 0 Å². The van der Waals surface area contributed by atoms with Crippen LogP contribution in [0.5, 0.6) is 0 Å². The quantitative estimate of drug-likeness (QED) is 0.373. The zero-order chi connectivity index (χ0) is 15.5. The molecule has 1 aliphatic rings. The molecular formula is C13H18ClN3O3S. The number of hydrogen-bond donors (Lipinski definition) is 2. The minimum absolute atomic E-state index is 0.00400. The van der Waals surface area contributed by atoms with Crippen molar-refractivity contribution < 1.29 is 13.6 Å². The van der Waals surface area contributed by atoms with Crippen LogP contribution < -0.4 is 5.73 Å². The molecular weight excluding hydrogens is 314 g/mol. The van der Waals surface area contributed by atoms with Crippen LogP contribution in [0.3, 0.4) is 0 Å². The molecule has 3 N–H and O–H groups in total. The van der Waals surface area contributed by atoms with Crippen molar-refractivity contribution in [1.29, 1.82) is 0 Å². The van der Waals surface area contributed by atoms with Gasteiger partial charge < -0.3 is 10.9 Å². The van der Waals surface area contributed by atoms with Crippen molar-refractivity contribution in [2.75, 3.05) is 24.6 Å². The van der Waals surface area contributed by atoms with Crippen molar-refractivity contribution in [3.05, 3.63) is 34.3 Å². The molecule has 1 aromatic rings. The highest BCUT2D eigenvalue weighted by molar-refractivity contribution is 7.91. The summed E-state index contributed by atoms with van der Waals surface area (Å²) in [5.74, 6) is 0.441. The largest absolute Gasteiger partial charge is 0.409 e. The molecule has 6 nitrogen and oxygen atoms in total. The predicted molar refractivity (Wildman–Crippen MR) is 82.5 cm³/mol. The van der Waals surface area contributed by atoms with Crippen LogP contribution in [0.15, 0.2) is 23.4 Å². The van der Waals surface area contributed by atoms with Crippen LogP contribution >= 0.6 is 11.6 Å². The van der Waals surface area contributed by atoms with Crippen molar-refractivity contribution in [2.45, 2.75) is 13.0 Å². The number of sulfone groups is 1. The molecule has 1 heterocycles. The molecule has 1 fully saturated rings. The molecule has 21 heavy (non-hydrogen) atoms. The maximum absolute atomic E-state index is 11.6. The summed E-state index contributed by atoms with van der Waals surface area (Å²) in [4.78, 5) is 2.08. The van der Waals surface area contributed by atoms with Gasteiger partial charge in [0, 0.05) is 23.7 Å². The van der Waals surface area contributed by atoms with Gasteiger partial charge in [-0.1, -0.05) is 28.9 Å². The predicted octanol–water partition coefficient (Wildman–Crippen LogP) is 1.05. The Morgan fingerprint density at radius 3 is 2.81 bits per heavy atom. The van der Waals surface area contributed by atoms with Crippen LogP contribution in [0, 0.1) is 0 Å². The van der Waals surface area contributed by atoms with E-state index in [4.69, 9.17) is 22.5 Å². The first-order chi connectivity index (χ1) is 9.91. The van der Waals surface area contributed by atoms with Gasteiger partial charge in [-0.15, -0.1) is 0 Å². The highest BCUT2D eigenvalue weighted by Crippen LogP contribution is 2.20. The van der Waals surface area contributed by atoms with Crippen LogP contribution in [-0.2, 0) is 16.4 Å². The molecule has 1 aromatic carbocycles. The normalized spacial score (nSPS) is 20.1. The van der Waals surface area contributed by atoms with E-state index in [1.807, 2.05) is 6.07 Å². The van der Waals surface area contributed by atoms with Crippen molar-refractivity contribution in [3.8, 4) is 0 Å². The maximum atomic E-state index is 11.6. The summed E-state index contributed by atoms with van der Waals surface area (Å²) in [6.07, 6.45) is 0.641. The Balaban J connectivity index is 2.09. The average Bonchev–Trinajstić information content (AvgIpc) is 2.61. The van der Waals surface area contributed by atoms with Crippen LogP contribution in [0.1, 0.15) is 17.5 Å². The number of hydrogen-bond acceptors (Lipinski definition) is 5. The minimum atomic E-state index is -2.91. The van der Waals surface area contributed by atoms with Crippen LogP contribution in [0.25, 0.3) is 0 Å². The third-order valence-electron chi connectivity index (χ3n) is 3.50. The van der Waals surface area contributed by atoms with Gasteiger partial charge in [0.1, 0.15) is 0 Å². The molecule has 0 spiro atoms. The number of halogens is 1. The molecule has 0 radical (unpaired) electrons. The molecule has 0 atom stereocenters. The van der Waals surface area contributed by atoms with Crippen molar-refractivity contribution in [2.24, 2.45) is 10.9 Å². The molecule has 0 aliphatic carbocycles. The zero-order valence-electron chi connectivity index (χ0n) is 11.5. The molecule has 2 rings (SSSR count). The van der Waals surface area contributed by atoms with Gasteiger partial charge in [0.15, 0.2) is 15.7 Å². The highest BCUT2D eigenvalue weighted by atomic mass is 35.5. The van der Waals surface area contributed by atoms with E-state index in [-0.39, 0.29) is 17.3 Å². The summed E-state index contributed by atoms with van der Waals surface area (Å²) in [5.41, 5.74) is 6.95. The fourth-order valence-corrected chi connectivity index (χ4v) is 3.83. The van der Waals surface area contributed by atoms with E-state index in [9.17, 15) is 8.42 Å². The first kappa shape index (κ1) is 16.1. The van der Waals surface area contributed by atoms with Crippen LogP contribution in [0.2, 0.25) is 5.02 Å². The molecule has 1 saturated heterocycles. The third-order valence-corrected chi connectivity index (χ3v) is 5.57. The Morgan fingerprint density at radius 2 is 2.14 bits per heavy atom. The molecule has 116 valence electrons. The van der Waals surface area contributed by atoms with Gasteiger partial charge >= 0.3 is 0 Å². The zero-order valence-corrected chi connectivity index (χ0v) is 13.1. The number of nitrogens with zero attached hydrogens (tertiary/aromatic N) is 2. The van der Waals surface area contributed by atoms with Gasteiger partial charge in [0.2, 0.25) is 0 Å². The van der Waals surface area contributed by atoms with Crippen molar-refractivity contribution in [3.63, 3.8) is 0 Å². The molecule has 0 saturated carbocycles. The van der Waals surface area contributed by atoms with Gasteiger partial charge in [-0.05, 0) is 24.6 Å². The average molecular weight is 332 g/mol. The summed E-state index contributed by atoms with van der Waals surface area (Å²) >= 11 is 6.21. The first-order valence-electron chi connectivity index (χ1n) is 6.60. The second-order valence-corrected chi connectivity index (χ2v) is 7.78. The standard InChI is InChI=1S/C13H18ClN3O3S/c14-12-8-10(13(15)16-18)2-3-11(12)9-17-4-1-6-21(19,20)7-5-17/h2-3,8,18H,1,4-7,9H2,(H2,15,16). The number of nitrogens with two attached hydrogens (primary N) is 1. The fourth-order valence-electron chi connectivity index (χ4n) is 2.28. The number of rotatable bonds is 3. The van der Waals surface area contributed by atoms with E-state index < -0.39 is 9.84 Å². The number of benzene rings is 1. The lowest BCUT2D eigenvalue weighted by Crippen LogP contribution is -2.26. The number of oxime groups is 1. The van der Waals surface area contributed by atoms with Crippen LogP contribution in [-0.4, -0.2) is 49.0 Å². The lowest BCUT2D eigenvalue weighted by molar-refractivity contribution is 0.287. The summed E-state index contributed by atoms with van der Waals surface area (Å²) in [7, 11) is -2.91. The molecule has 0 bridgehead atoms. The summed E-state index contributed by atoms with van der Waals surface area (Å²) < 4.78 is 23.2. The van der Waals surface area contributed by atoms with Gasteiger partial charge in [-0.25, -0.2) is 8.42 Å². The Kier molecular flexibility index (Phi) is 5.08. The molecule has 0 amide bonds. The topological polar surface area (TPSA) is 96.0 Å². The Morgan fingerprint density at radius 1 is 1.38 bits per heavy atom. The summed E-state index contributed by atoms with van der Waals surface area (Å²) in [5, 5.41) is 12.1. The SMILES string of the molecule is N/C(=N/O)c1ccc(CN2CCCS(=O)(=O)CC2)c(Cl)c1. The van der Waals surface area contributed by atoms with Gasteiger partial charge in [-0.3, -0.25) is 4.90 Å². The number of amidine groups is 1. The van der Waals surface area contributed by atoms with E-state index in [2.05, 4.69) is 10.1 Å². The smallest absolute Gasteiger partial charge is 0.170 e. The first-order valence-corrected chi connectivity index (χ1v) is 8.80. The Bertz CT molecular complexity index is 646. The lowest BCUT2D eigenvalue weighted by atomic mass is 10.1. The van der Waals surface area contributed by atoms with E-state index in [0.29, 0.717) is 30.1 Å². The minimum Gasteiger partial charge on any atom is -0.409 e. The molecule has 1 aliphatic heterocycles. The molecule has 0 aromatic heterocycles. The lowest BCUT2D eigenvalue weighted by Gasteiger charge is -2.20. The maximum Gasteiger partial charge on any atom is 0.170 e. The third kappa shape index (κ3) is 4.33. The van der Waals surface area contributed by atoms with E-state index in [0.717, 1.165) is 12.1 Å². The van der Waals surface area contributed by atoms with Gasteiger partial charge in [0.25, 0.3) is 0 Å². The summed E-state index contributed by atoms with van der Waals surface area (Å²) in [6, 6.07) is 5.18. The second-order valence-electron chi connectivity index (χ2n) is 5.07. The van der Waals surface area contributed by atoms with Gasteiger partial charge in [0.05, 0.1) is 11.5 Å². The summed E-state index contributed by atoms with van der Waals surface area (Å²) in [6.45, 7) is 1.84. The van der Waals surface area contributed by atoms with Crippen molar-refractivity contribution >= 4 is 27.3 Å². The van der Waals surface area contributed by atoms with Crippen molar-refractivity contribution in [1.82, 2.24) is 4.90 Å². The second kappa shape index (κ2) is 6.64. The van der Waals surface area contributed by atoms with E-state index in [1.54, 1.807) is 12.1 Å². The van der Waals surface area contributed by atoms with E-state index in [1.165, 1.54) is 0 Å². The molecule has 8 heteroatoms. The Hall–Kier alpha value is -1.31. The fraction of sp³-hybridized carbons (Fsp3) is 0.462. The Labute approximate surface area is 129 Å². The van der Waals surface area contributed by atoms with E-state index >= 15 is 0 Å². The monoisotopic (exact) mass is 331 g/mol.